The quantitative estimate of drug-likeness (QED) is 0.166. The number of rotatable bonds is 10. The van der Waals surface area contributed by atoms with Gasteiger partial charge in [-0.15, -0.1) is 0 Å². The molecule has 0 aliphatic rings. The maximum atomic E-state index is 13.7. The average Bonchev–Trinajstić information content (AvgIpc) is 3.41. The van der Waals surface area contributed by atoms with Gasteiger partial charge in [0.2, 0.25) is 5.75 Å². The fraction of sp³-hybridized carbons (Fsp3) is 0.200. The number of aromatic amines is 1. The average molecular weight is 557 g/mol. The maximum Gasteiger partial charge on any atom is 0.270 e. The number of benzene rings is 3. The van der Waals surface area contributed by atoms with E-state index in [-0.39, 0.29) is 17.9 Å². The van der Waals surface area contributed by atoms with Crippen molar-refractivity contribution in [3.05, 3.63) is 88.1 Å². The molecule has 41 heavy (non-hydrogen) atoms. The molecular weight excluding hydrogens is 528 g/mol. The number of carbonyl (C=O) groups excluding carboxylic acids is 1. The molecule has 5 aromatic rings. The predicted molar refractivity (Wildman–Crippen MR) is 154 cm³/mol. The van der Waals surface area contributed by atoms with Crippen LogP contribution < -0.4 is 19.5 Å². The van der Waals surface area contributed by atoms with Gasteiger partial charge in [-0.05, 0) is 42.3 Å². The Morgan fingerprint density at radius 1 is 1.02 bits per heavy atom. The zero-order chi connectivity index (χ0) is 29.1. The zero-order valence-electron chi connectivity index (χ0n) is 22.6. The van der Waals surface area contributed by atoms with Gasteiger partial charge in [0.1, 0.15) is 0 Å². The molecular formula is C30H28N4O7. The van der Waals surface area contributed by atoms with Gasteiger partial charge < -0.3 is 29.6 Å². The highest BCUT2D eigenvalue weighted by Gasteiger charge is 2.22. The molecule has 1 atom stereocenters. The Bertz CT molecular complexity index is 1740. The number of aliphatic hydroxyl groups excluding tert-OH is 1. The van der Waals surface area contributed by atoms with Crippen LogP contribution >= 0.6 is 0 Å². The Labute approximate surface area is 234 Å². The molecule has 0 aliphatic carbocycles. The summed E-state index contributed by atoms with van der Waals surface area (Å²) in [6.45, 7) is -0.311. The van der Waals surface area contributed by atoms with E-state index < -0.39 is 16.9 Å². The number of H-pyrrole nitrogens is 1. The lowest BCUT2D eigenvalue weighted by atomic mass is 10.0. The molecule has 3 aromatic carbocycles. The summed E-state index contributed by atoms with van der Waals surface area (Å²) in [5.41, 5.74) is 3.25. The maximum absolute atomic E-state index is 13.7. The second kappa shape index (κ2) is 11.5. The third kappa shape index (κ3) is 5.35. The second-order valence-electron chi connectivity index (χ2n) is 9.34. The molecule has 0 fully saturated rings. The van der Waals surface area contributed by atoms with E-state index in [9.17, 15) is 20.0 Å². The van der Waals surface area contributed by atoms with Crippen LogP contribution in [-0.2, 0) is 6.42 Å². The fourth-order valence-corrected chi connectivity index (χ4v) is 4.88. The standard InChI is InChI=1S/C30H28N4O7/c1-39-27-11-17(12-28(40-2)29(27)41-3)26-14-23(22-13-20(34(37)38)8-9-25(22)33-26)30(36)32-19(16-35)10-18-15-31-24-7-5-4-6-21(18)24/h4-9,11-15,19,31,35H,10,16H2,1-3H3,(H,32,36)/t19-/m1/s1. The number of amides is 1. The lowest BCUT2D eigenvalue weighted by Gasteiger charge is -2.18. The highest BCUT2D eigenvalue weighted by atomic mass is 16.6. The Balaban J connectivity index is 1.58. The monoisotopic (exact) mass is 556 g/mol. The Kier molecular flexibility index (Phi) is 7.70. The van der Waals surface area contributed by atoms with Crippen molar-refractivity contribution in [2.75, 3.05) is 27.9 Å². The number of aliphatic hydroxyl groups is 1. The normalized spacial score (nSPS) is 11.8. The number of hydrogen-bond acceptors (Lipinski definition) is 8. The summed E-state index contributed by atoms with van der Waals surface area (Å²) in [6.07, 6.45) is 2.22. The summed E-state index contributed by atoms with van der Waals surface area (Å²) in [6, 6.07) is 16.3. The van der Waals surface area contributed by atoms with E-state index in [0.29, 0.717) is 45.8 Å². The molecule has 11 heteroatoms. The van der Waals surface area contributed by atoms with Crippen molar-refractivity contribution in [2.24, 2.45) is 0 Å². The summed E-state index contributed by atoms with van der Waals surface area (Å²) in [5.74, 6) is 0.691. The van der Waals surface area contributed by atoms with E-state index in [1.165, 1.54) is 39.5 Å². The van der Waals surface area contributed by atoms with Gasteiger partial charge >= 0.3 is 0 Å². The van der Waals surface area contributed by atoms with E-state index in [1.54, 1.807) is 18.2 Å². The van der Waals surface area contributed by atoms with E-state index in [1.807, 2.05) is 30.5 Å². The molecule has 0 aliphatic heterocycles. The SMILES string of the molecule is COc1cc(-c2cc(C(=O)N[C@@H](CO)Cc3c[nH]c4ccccc34)c3cc([N+](=O)[O-])ccc3n2)cc(OC)c1OC. The lowest BCUT2D eigenvalue weighted by Crippen LogP contribution is -2.39. The minimum Gasteiger partial charge on any atom is -0.493 e. The topological polar surface area (TPSA) is 149 Å². The Morgan fingerprint density at radius 3 is 2.41 bits per heavy atom. The van der Waals surface area contributed by atoms with Gasteiger partial charge in [0.05, 0.1) is 55.7 Å². The number of nitro groups is 1. The van der Waals surface area contributed by atoms with Crippen molar-refractivity contribution in [1.29, 1.82) is 0 Å². The van der Waals surface area contributed by atoms with E-state index >= 15 is 0 Å². The van der Waals surface area contributed by atoms with Crippen molar-refractivity contribution in [2.45, 2.75) is 12.5 Å². The number of methoxy groups -OCH3 is 3. The number of carbonyl (C=O) groups is 1. The first-order valence-electron chi connectivity index (χ1n) is 12.7. The Morgan fingerprint density at radius 2 is 1.76 bits per heavy atom. The smallest absolute Gasteiger partial charge is 0.270 e. The molecule has 5 rings (SSSR count). The van der Waals surface area contributed by atoms with Crippen LogP contribution in [0.2, 0.25) is 0 Å². The van der Waals surface area contributed by atoms with Gasteiger partial charge in [0.25, 0.3) is 11.6 Å². The fourth-order valence-electron chi connectivity index (χ4n) is 4.88. The van der Waals surface area contributed by atoms with E-state index in [0.717, 1.165) is 16.5 Å². The number of aromatic nitrogens is 2. The van der Waals surface area contributed by atoms with Crippen LogP contribution in [0.4, 0.5) is 5.69 Å². The van der Waals surface area contributed by atoms with E-state index in [2.05, 4.69) is 15.3 Å². The molecule has 0 saturated heterocycles. The van der Waals surface area contributed by atoms with Gasteiger partial charge in [0.15, 0.2) is 11.5 Å². The van der Waals surface area contributed by atoms with Gasteiger partial charge in [-0.1, -0.05) is 18.2 Å². The van der Waals surface area contributed by atoms with Crippen LogP contribution in [0.15, 0.2) is 66.9 Å². The van der Waals surface area contributed by atoms with Crippen molar-refractivity contribution in [3.63, 3.8) is 0 Å². The molecule has 3 N–H and O–H groups in total. The van der Waals surface area contributed by atoms with Crippen molar-refractivity contribution in [1.82, 2.24) is 15.3 Å². The van der Waals surface area contributed by atoms with Crippen LogP contribution in [0.3, 0.4) is 0 Å². The van der Waals surface area contributed by atoms with Crippen LogP contribution in [0.25, 0.3) is 33.1 Å². The zero-order valence-corrected chi connectivity index (χ0v) is 22.6. The number of nitrogens with zero attached hydrogens (tertiary/aromatic N) is 2. The number of pyridine rings is 1. The second-order valence-corrected chi connectivity index (χ2v) is 9.34. The summed E-state index contributed by atoms with van der Waals surface area (Å²) in [4.78, 5) is 32.6. The molecule has 0 unspecified atom stereocenters. The summed E-state index contributed by atoms with van der Waals surface area (Å²) in [7, 11) is 4.49. The molecule has 0 radical (unpaired) electrons. The summed E-state index contributed by atoms with van der Waals surface area (Å²) < 4.78 is 16.4. The summed E-state index contributed by atoms with van der Waals surface area (Å²) >= 11 is 0. The number of nitrogens with one attached hydrogen (secondary N) is 2. The number of non-ortho nitro benzene ring substituents is 1. The highest BCUT2D eigenvalue weighted by Crippen LogP contribution is 2.41. The number of fused-ring (bicyclic) bond motifs is 2. The van der Waals surface area contributed by atoms with Gasteiger partial charge in [-0.3, -0.25) is 14.9 Å². The van der Waals surface area contributed by atoms with E-state index in [4.69, 9.17) is 14.2 Å². The first-order valence-corrected chi connectivity index (χ1v) is 12.7. The minimum atomic E-state index is -0.617. The third-order valence-corrected chi connectivity index (χ3v) is 6.91. The molecule has 0 saturated carbocycles. The summed E-state index contributed by atoms with van der Waals surface area (Å²) in [5, 5.41) is 25.9. The number of ether oxygens (including phenoxy) is 3. The van der Waals surface area contributed by atoms with Crippen molar-refractivity contribution in [3.8, 4) is 28.5 Å². The molecule has 1 amide bonds. The molecule has 2 aromatic heterocycles. The van der Waals surface area contributed by atoms with Crippen LogP contribution in [0.5, 0.6) is 17.2 Å². The Hall–Kier alpha value is -5.16. The van der Waals surface area contributed by atoms with Crippen molar-refractivity contribution >= 4 is 33.4 Å². The lowest BCUT2D eigenvalue weighted by molar-refractivity contribution is -0.384. The van der Waals surface area contributed by atoms with Gasteiger partial charge in [-0.2, -0.15) is 0 Å². The predicted octanol–water partition coefficient (Wildman–Crippen LogP) is 4.65. The van der Waals surface area contributed by atoms with Gasteiger partial charge in [0, 0.05) is 40.2 Å². The van der Waals surface area contributed by atoms with Crippen LogP contribution in [0.1, 0.15) is 15.9 Å². The number of nitro benzene ring substituents is 1. The highest BCUT2D eigenvalue weighted by molar-refractivity contribution is 6.08. The molecule has 0 spiro atoms. The molecule has 2 heterocycles. The van der Waals surface area contributed by atoms with Crippen LogP contribution in [0, 0.1) is 10.1 Å². The first kappa shape index (κ1) is 27.4. The van der Waals surface area contributed by atoms with Crippen LogP contribution in [-0.4, -0.2) is 59.9 Å². The molecule has 0 bridgehead atoms. The van der Waals surface area contributed by atoms with Crippen molar-refractivity contribution < 1.29 is 29.0 Å². The number of para-hydroxylation sites is 1. The minimum absolute atomic E-state index is 0.167. The number of hydrogen-bond donors (Lipinski definition) is 3. The molecule has 210 valence electrons. The third-order valence-electron chi connectivity index (χ3n) is 6.91. The van der Waals surface area contributed by atoms with Gasteiger partial charge in [-0.25, -0.2) is 4.98 Å². The largest absolute Gasteiger partial charge is 0.493 e. The molecule has 11 nitrogen and oxygen atoms in total. The first-order chi connectivity index (χ1) is 19.9.